The van der Waals surface area contributed by atoms with Crippen LogP contribution in [-0.4, -0.2) is 177 Å². The van der Waals surface area contributed by atoms with Crippen molar-refractivity contribution in [1.82, 2.24) is 0 Å². The first-order chi connectivity index (χ1) is 40.4. The van der Waals surface area contributed by atoms with Gasteiger partial charge in [-0.1, -0.05) is 12.1 Å². The zero-order valence-electron chi connectivity index (χ0n) is 48.8. The predicted molar refractivity (Wildman–Crippen MR) is 279 cm³/mol. The summed E-state index contributed by atoms with van der Waals surface area (Å²) in [5, 5.41) is 0. The fourth-order valence-corrected chi connectivity index (χ4v) is 8.94. The molecule has 3 heterocycles. The van der Waals surface area contributed by atoms with Gasteiger partial charge in [0.2, 0.25) is 5.60 Å². The molecule has 0 aromatic heterocycles. The van der Waals surface area contributed by atoms with Gasteiger partial charge in [-0.05, 0) is 54.8 Å². The van der Waals surface area contributed by atoms with Gasteiger partial charge in [0, 0.05) is 82.2 Å². The van der Waals surface area contributed by atoms with Gasteiger partial charge < -0.3 is 85.3 Å². The SMILES string of the molecule is CC(=O)OC[C@H]1O[C@@H](OCCc2ccc(OC(C)=O)c(OC(C)=O)c2)[C@H](OC(C)=O)[C@@H](O[C@@H]2O[C@@H](C)[C@H](O[C@@H]3OC[C@@](COC(C)=O)(OC(C)=O)[C@H]3OC(C)=O)[C@@H](OC(C)=O)[C@H]2OC(C)=O)[C@@H]1OC(=O)/C=C/c1ccc(OC(C)=O)c(OC(C)=O)c1. The fourth-order valence-electron chi connectivity index (χ4n) is 8.94. The van der Waals surface area contributed by atoms with E-state index in [1.165, 1.54) is 49.4 Å². The molecule has 30 nitrogen and oxygen atoms in total. The van der Waals surface area contributed by atoms with Crippen LogP contribution in [0.15, 0.2) is 42.5 Å². The van der Waals surface area contributed by atoms with Gasteiger partial charge in [0.25, 0.3) is 0 Å². The molecule has 0 saturated carbocycles. The van der Waals surface area contributed by atoms with Gasteiger partial charge in [-0.2, -0.15) is 0 Å². The van der Waals surface area contributed by atoms with Gasteiger partial charge in [0.05, 0.1) is 19.3 Å². The monoisotopic (exact) mass is 1220 g/mol. The minimum Gasteiger partial charge on any atom is -0.463 e. The van der Waals surface area contributed by atoms with Gasteiger partial charge in [-0.3, -0.25) is 52.7 Å². The molecule has 3 fully saturated rings. The Balaban J connectivity index is 1.62. The van der Waals surface area contributed by atoms with Crippen LogP contribution in [0.1, 0.15) is 94.2 Å². The molecule has 30 heteroatoms. The highest BCUT2D eigenvalue weighted by Gasteiger charge is 2.61. The molecule has 3 aliphatic heterocycles. The van der Waals surface area contributed by atoms with E-state index in [2.05, 4.69) is 0 Å². The standard InChI is InChI=1S/C56H66O30/c1-26-46(84-55-52(81-36(11)66)56(25-72-55,86-37(12)67)24-71-28(3)58)48(78-33(8)63)51(80-35(10)65)54(73-26)85-49-47(83-45(68)18-15-38-13-16-40(74-29(4)59)42(21-38)76-31(6)61)44(23-70-27(2)57)82-53(50(49)79-34(9)64)69-20-19-39-14-17-41(75-30(5)60)43(22-39)77-32(7)62/h13-18,21-22,26,44,46-55H,19-20,23-25H2,1-12H3/b18-15+/t26-,44+,46-,47+,48+,49-,50+,51+,52-,53+,54-,55-,56+/m0/s1. The molecule has 2 aromatic carbocycles. The summed E-state index contributed by atoms with van der Waals surface area (Å²) in [6.45, 7) is 10.7. The molecule has 0 aliphatic carbocycles. The molecule has 3 aliphatic rings. The second kappa shape index (κ2) is 31.1. The van der Waals surface area contributed by atoms with Crippen molar-refractivity contribution in [2.24, 2.45) is 0 Å². The number of rotatable bonds is 24. The molecule has 470 valence electrons. The van der Waals surface area contributed by atoms with Crippen molar-refractivity contribution in [3.63, 3.8) is 0 Å². The Labute approximate surface area is 491 Å². The zero-order chi connectivity index (χ0) is 63.7. The van der Waals surface area contributed by atoms with Crippen molar-refractivity contribution in [3.05, 3.63) is 53.6 Å². The summed E-state index contributed by atoms with van der Waals surface area (Å²) in [5.41, 5.74) is -1.38. The van der Waals surface area contributed by atoms with E-state index in [0.29, 0.717) is 5.56 Å². The van der Waals surface area contributed by atoms with Crippen molar-refractivity contribution < 1.29 is 143 Å². The van der Waals surface area contributed by atoms with E-state index in [1.807, 2.05) is 0 Å². The molecule has 0 bridgehead atoms. The van der Waals surface area contributed by atoms with Crippen LogP contribution in [-0.2, 0) is 130 Å². The van der Waals surface area contributed by atoms with Gasteiger partial charge in [-0.15, -0.1) is 0 Å². The van der Waals surface area contributed by atoms with E-state index < -0.39 is 171 Å². The number of carbonyl (C=O) groups excluding carboxylic acids is 12. The number of hydrogen-bond acceptors (Lipinski definition) is 30. The molecule has 13 atom stereocenters. The van der Waals surface area contributed by atoms with E-state index in [-0.39, 0.29) is 41.6 Å². The average Bonchev–Trinajstić information content (AvgIpc) is 1.43. The van der Waals surface area contributed by atoms with Crippen LogP contribution < -0.4 is 18.9 Å². The predicted octanol–water partition coefficient (Wildman–Crippen LogP) is 2.32. The lowest BCUT2D eigenvalue weighted by atomic mass is 9.95. The number of hydrogen-bond donors (Lipinski definition) is 0. The van der Waals surface area contributed by atoms with Gasteiger partial charge >= 0.3 is 71.6 Å². The second-order valence-corrected chi connectivity index (χ2v) is 19.3. The van der Waals surface area contributed by atoms with Crippen LogP contribution in [0.5, 0.6) is 23.0 Å². The third-order valence-electron chi connectivity index (χ3n) is 12.0. The van der Waals surface area contributed by atoms with Crippen LogP contribution in [0.25, 0.3) is 6.08 Å². The Hall–Kier alpha value is -8.42. The van der Waals surface area contributed by atoms with Crippen molar-refractivity contribution in [2.75, 3.05) is 26.4 Å². The summed E-state index contributed by atoms with van der Waals surface area (Å²) < 4.78 is 104. The van der Waals surface area contributed by atoms with Crippen molar-refractivity contribution in [2.45, 2.75) is 169 Å². The quantitative estimate of drug-likeness (QED) is 0.0630. The molecule has 0 amide bonds. The molecular formula is C56H66O30. The molecular weight excluding hydrogens is 1150 g/mol. The highest BCUT2D eigenvalue weighted by molar-refractivity contribution is 5.87. The molecule has 3 saturated heterocycles. The van der Waals surface area contributed by atoms with Crippen molar-refractivity contribution >= 4 is 77.7 Å². The van der Waals surface area contributed by atoms with E-state index in [0.717, 1.165) is 82.2 Å². The van der Waals surface area contributed by atoms with Gasteiger partial charge in [-0.25, -0.2) is 4.79 Å². The topological polar surface area (TPSA) is 371 Å². The summed E-state index contributed by atoms with van der Waals surface area (Å²) in [6, 6.07) is 8.20. The fraction of sp³-hybridized carbons (Fsp3) is 0.536. The van der Waals surface area contributed by atoms with Gasteiger partial charge in [0.1, 0.15) is 31.5 Å². The van der Waals surface area contributed by atoms with E-state index in [1.54, 1.807) is 0 Å². The first-order valence-electron chi connectivity index (χ1n) is 26.3. The maximum absolute atomic E-state index is 14.2. The van der Waals surface area contributed by atoms with Crippen LogP contribution in [0.3, 0.4) is 0 Å². The van der Waals surface area contributed by atoms with Crippen molar-refractivity contribution in [3.8, 4) is 23.0 Å². The Morgan fingerprint density at radius 2 is 1.02 bits per heavy atom. The zero-order valence-corrected chi connectivity index (χ0v) is 48.8. The Morgan fingerprint density at radius 1 is 0.500 bits per heavy atom. The van der Waals surface area contributed by atoms with E-state index >= 15 is 0 Å². The maximum atomic E-state index is 14.2. The van der Waals surface area contributed by atoms with E-state index in [9.17, 15) is 57.5 Å². The lowest BCUT2D eigenvalue weighted by Crippen LogP contribution is -2.67. The number of ether oxygens (including phenoxy) is 18. The number of benzene rings is 2. The molecule has 0 radical (unpaired) electrons. The minimum absolute atomic E-state index is 0.0242. The largest absolute Gasteiger partial charge is 0.463 e. The van der Waals surface area contributed by atoms with Crippen LogP contribution in [0, 0.1) is 0 Å². The first-order valence-corrected chi connectivity index (χ1v) is 26.3. The Kier molecular flexibility index (Phi) is 24.7. The minimum atomic E-state index is -2.01. The Bertz CT molecular complexity index is 2900. The Morgan fingerprint density at radius 3 is 1.57 bits per heavy atom. The lowest BCUT2D eigenvalue weighted by Gasteiger charge is -2.49. The summed E-state index contributed by atoms with van der Waals surface area (Å²) in [5.74, 6) is -11.2. The van der Waals surface area contributed by atoms with Crippen LogP contribution in [0.4, 0.5) is 0 Å². The summed E-state index contributed by atoms with van der Waals surface area (Å²) in [6.07, 6.45) is -19.0. The summed E-state index contributed by atoms with van der Waals surface area (Å²) >= 11 is 0. The smallest absolute Gasteiger partial charge is 0.331 e. The second-order valence-electron chi connectivity index (χ2n) is 19.3. The third kappa shape index (κ3) is 20.1. The van der Waals surface area contributed by atoms with E-state index in [4.69, 9.17) is 85.3 Å². The number of esters is 12. The first kappa shape index (κ1) is 68.4. The molecule has 0 spiro atoms. The number of carbonyl (C=O) groups is 12. The lowest BCUT2D eigenvalue weighted by molar-refractivity contribution is -0.366. The molecule has 2 aromatic rings. The van der Waals surface area contributed by atoms with Crippen molar-refractivity contribution in [1.29, 1.82) is 0 Å². The normalized spacial score (nSPS) is 25.9. The molecule has 0 unspecified atom stereocenters. The van der Waals surface area contributed by atoms with Crippen LogP contribution >= 0.6 is 0 Å². The summed E-state index contributed by atoms with van der Waals surface area (Å²) in [7, 11) is 0. The summed E-state index contributed by atoms with van der Waals surface area (Å²) in [4.78, 5) is 151. The average molecular weight is 1220 g/mol. The van der Waals surface area contributed by atoms with Crippen LogP contribution in [0.2, 0.25) is 0 Å². The third-order valence-corrected chi connectivity index (χ3v) is 12.0. The molecule has 0 N–H and O–H groups in total. The maximum Gasteiger partial charge on any atom is 0.331 e. The highest BCUT2D eigenvalue weighted by atomic mass is 16.8. The highest BCUT2D eigenvalue weighted by Crippen LogP contribution is 2.40. The molecule has 86 heavy (non-hydrogen) atoms. The van der Waals surface area contributed by atoms with Gasteiger partial charge in [0.15, 0.2) is 72.4 Å². The molecule has 5 rings (SSSR count).